The molecule has 1 aromatic carbocycles. The van der Waals surface area contributed by atoms with Crippen molar-refractivity contribution in [1.82, 2.24) is 5.32 Å². The third-order valence-corrected chi connectivity index (χ3v) is 5.29. The molecule has 0 radical (unpaired) electrons. The van der Waals surface area contributed by atoms with Crippen LogP contribution >= 0.6 is 0 Å². The predicted molar refractivity (Wildman–Crippen MR) is 88.2 cm³/mol. The predicted octanol–water partition coefficient (Wildman–Crippen LogP) is 2.29. The van der Waals surface area contributed by atoms with Crippen LogP contribution < -0.4 is 9.62 Å². The van der Waals surface area contributed by atoms with Crippen molar-refractivity contribution < 1.29 is 13.2 Å². The fraction of sp³-hybridized carbons (Fsp3) is 0.562. The van der Waals surface area contributed by atoms with E-state index in [9.17, 15) is 13.2 Å². The highest BCUT2D eigenvalue weighted by Crippen LogP contribution is 2.21. The zero-order valence-corrected chi connectivity index (χ0v) is 14.0. The van der Waals surface area contributed by atoms with E-state index < -0.39 is 16.1 Å². The molecular formula is C16H24N2O3S. The van der Waals surface area contributed by atoms with Crippen LogP contribution in [0.25, 0.3) is 0 Å². The molecule has 5 nitrogen and oxygen atoms in total. The van der Waals surface area contributed by atoms with E-state index in [4.69, 9.17) is 0 Å². The molecule has 0 heterocycles. The zero-order chi connectivity index (χ0) is 16.2. The third kappa shape index (κ3) is 4.22. The number of nitrogens with zero attached hydrogens (tertiary/aromatic N) is 1. The van der Waals surface area contributed by atoms with Gasteiger partial charge in [-0.15, -0.1) is 0 Å². The van der Waals surface area contributed by atoms with Crippen LogP contribution in [-0.2, 0) is 14.8 Å². The summed E-state index contributed by atoms with van der Waals surface area (Å²) < 4.78 is 25.4. The van der Waals surface area contributed by atoms with Gasteiger partial charge in [0.05, 0.1) is 11.9 Å². The number of sulfonamides is 1. The molecule has 0 bridgehead atoms. The van der Waals surface area contributed by atoms with E-state index in [0.717, 1.165) is 31.9 Å². The monoisotopic (exact) mass is 324 g/mol. The van der Waals surface area contributed by atoms with Crippen molar-refractivity contribution in [1.29, 1.82) is 0 Å². The Morgan fingerprint density at radius 3 is 2.32 bits per heavy atom. The van der Waals surface area contributed by atoms with Crippen molar-refractivity contribution >= 4 is 21.6 Å². The summed E-state index contributed by atoms with van der Waals surface area (Å²) >= 11 is 0. The first kappa shape index (κ1) is 16.8. The largest absolute Gasteiger partial charge is 0.352 e. The lowest BCUT2D eigenvalue weighted by atomic mass is 9.95. The topological polar surface area (TPSA) is 66.5 Å². The quantitative estimate of drug-likeness (QED) is 0.903. The maximum atomic E-state index is 12.5. The van der Waals surface area contributed by atoms with Crippen molar-refractivity contribution in [2.75, 3.05) is 10.6 Å². The molecule has 0 aromatic heterocycles. The molecule has 0 spiro atoms. The second-order valence-corrected chi connectivity index (χ2v) is 7.77. The Kier molecular flexibility index (Phi) is 5.45. The number of carbonyl (C=O) groups excluding carboxylic acids is 1. The average molecular weight is 324 g/mol. The van der Waals surface area contributed by atoms with Crippen LogP contribution in [0, 0.1) is 0 Å². The number of hydrogen-bond donors (Lipinski definition) is 1. The molecule has 2 rings (SSSR count). The van der Waals surface area contributed by atoms with Crippen molar-refractivity contribution in [2.24, 2.45) is 0 Å². The van der Waals surface area contributed by atoms with Gasteiger partial charge >= 0.3 is 0 Å². The highest BCUT2D eigenvalue weighted by Gasteiger charge is 2.30. The van der Waals surface area contributed by atoms with Crippen LogP contribution in [0.4, 0.5) is 5.69 Å². The van der Waals surface area contributed by atoms with Gasteiger partial charge in [-0.05, 0) is 31.9 Å². The van der Waals surface area contributed by atoms with E-state index in [-0.39, 0.29) is 11.9 Å². The van der Waals surface area contributed by atoms with Gasteiger partial charge in [-0.1, -0.05) is 37.5 Å². The Bertz CT molecular complexity index is 595. The van der Waals surface area contributed by atoms with Gasteiger partial charge in [-0.3, -0.25) is 9.10 Å². The smallest absolute Gasteiger partial charge is 0.243 e. The van der Waals surface area contributed by atoms with Crippen LogP contribution in [0.2, 0.25) is 0 Å². The molecule has 0 aliphatic heterocycles. The fourth-order valence-corrected chi connectivity index (χ4v) is 4.13. The number of nitrogens with one attached hydrogen (secondary N) is 1. The minimum atomic E-state index is -3.53. The summed E-state index contributed by atoms with van der Waals surface area (Å²) in [5.41, 5.74) is 0.510. The number of hydrogen-bond acceptors (Lipinski definition) is 3. The molecular weight excluding hydrogens is 300 g/mol. The van der Waals surface area contributed by atoms with Gasteiger partial charge in [0.15, 0.2) is 0 Å². The molecule has 1 saturated carbocycles. The maximum Gasteiger partial charge on any atom is 0.243 e. The summed E-state index contributed by atoms with van der Waals surface area (Å²) in [6.07, 6.45) is 6.53. The van der Waals surface area contributed by atoms with Crippen LogP contribution in [0.15, 0.2) is 30.3 Å². The number of carbonyl (C=O) groups is 1. The highest BCUT2D eigenvalue weighted by molar-refractivity contribution is 7.92. The van der Waals surface area contributed by atoms with Gasteiger partial charge in [0.1, 0.15) is 6.04 Å². The van der Waals surface area contributed by atoms with Crippen LogP contribution in [-0.4, -0.2) is 32.7 Å². The average Bonchev–Trinajstić information content (AvgIpc) is 2.48. The summed E-state index contributed by atoms with van der Waals surface area (Å²) in [4.78, 5) is 12.5. The van der Waals surface area contributed by atoms with E-state index in [0.29, 0.717) is 5.69 Å². The fourth-order valence-electron chi connectivity index (χ4n) is 2.95. The molecule has 1 aliphatic carbocycles. The molecule has 1 atom stereocenters. The number of amides is 1. The SMILES string of the molecule is C[C@@H](C(=O)NC1CCCCC1)N(c1ccccc1)S(C)(=O)=O. The molecule has 1 fully saturated rings. The van der Waals surface area contributed by atoms with Crippen LogP contribution in [0.5, 0.6) is 0 Å². The number of para-hydroxylation sites is 1. The van der Waals surface area contributed by atoms with Gasteiger partial charge in [-0.2, -0.15) is 0 Å². The Morgan fingerprint density at radius 1 is 1.18 bits per heavy atom. The van der Waals surface area contributed by atoms with E-state index in [2.05, 4.69) is 5.32 Å². The third-order valence-electron chi connectivity index (χ3n) is 4.05. The Morgan fingerprint density at radius 2 is 1.77 bits per heavy atom. The molecule has 0 saturated heterocycles. The summed E-state index contributed by atoms with van der Waals surface area (Å²) in [5, 5.41) is 3.00. The molecule has 1 aromatic rings. The van der Waals surface area contributed by atoms with Gasteiger partial charge in [-0.25, -0.2) is 8.42 Å². The molecule has 122 valence electrons. The van der Waals surface area contributed by atoms with E-state index in [1.54, 1.807) is 31.2 Å². The van der Waals surface area contributed by atoms with E-state index >= 15 is 0 Å². The van der Waals surface area contributed by atoms with E-state index in [1.165, 1.54) is 10.7 Å². The lowest BCUT2D eigenvalue weighted by Gasteiger charge is -2.30. The minimum Gasteiger partial charge on any atom is -0.352 e. The zero-order valence-electron chi connectivity index (χ0n) is 13.2. The van der Waals surface area contributed by atoms with Crippen LogP contribution in [0.3, 0.4) is 0 Å². The molecule has 1 N–H and O–H groups in total. The summed E-state index contributed by atoms with van der Waals surface area (Å²) in [7, 11) is -3.53. The Balaban J connectivity index is 2.15. The van der Waals surface area contributed by atoms with Gasteiger partial charge < -0.3 is 5.32 Å². The number of rotatable bonds is 5. The van der Waals surface area contributed by atoms with Gasteiger partial charge in [0, 0.05) is 6.04 Å². The Labute approximate surface area is 132 Å². The summed E-state index contributed by atoms with van der Waals surface area (Å²) in [6.45, 7) is 1.63. The lowest BCUT2D eigenvalue weighted by molar-refractivity contribution is -0.122. The van der Waals surface area contributed by atoms with E-state index in [1.807, 2.05) is 6.07 Å². The highest BCUT2D eigenvalue weighted by atomic mass is 32.2. The Hall–Kier alpha value is -1.56. The standard InChI is InChI=1S/C16H24N2O3S/c1-13(16(19)17-14-9-5-3-6-10-14)18(22(2,20)21)15-11-7-4-8-12-15/h4,7-8,11-14H,3,5-6,9-10H2,1-2H3,(H,17,19)/t13-/m0/s1. The second kappa shape index (κ2) is 7.13. The summed E-state index contributed by atoms with van der Waals surface area (Å²) in [5.74, 6) is -0.235. The molecule has 1 amide bonds. The summed E-state index contributed by atoms with van der Waals surface area (Å²) in [6, 6.07) is 8.15. The van der Waals surface area contributed by atoms with Gasteiger partial charge in [0.25, 0.3) is 0 Å². The number of benzene rings is 1. The van der Waals surface area contributed by atoms with Crippen molar-refractivity contribution in [3.63, 3.8) is 0 Å². The first-order valence-electron chi connectivity index (χ1n) is 7.74. The minimum absolute atomic E-state index is 0.167. The number of anilines is 1. The molecule has 22 heavy (non-hydrogen) atoms. The van der Waals surface area contributed by atoms with Crippen molar-refractivity contribution in [2.45, 2.75) is 51.1 Å². The van der Waals surface area contributed by atoms with Crippen molar-refractivity contribution in [3.8, 4) is 0 Å². The first-order chi connectivity index (χ1) is 10.4. The normalized spacial score (nSPS) is 17.7. The van der Waals surface area contributed by atoms with Crippen molar-refractivity contribution in [3.05, 3.63) is 30.3 Å². The molecule has 0 unspecified atom stereocenters. The maximum absolute atomic E-state index is 12.5. The molecule has 6 heteroatoms. The molecule has 1 aliphatic rings. The van der Waals surface area contributed by atoms with Crippen LogP contribution in [0.1, 0.15) is 39.0 Å². The second-order valence-electron chi connectivity index (χ2n) is 5.91. The van der Waals surface area contributed by atoms with Gasteiger partial charge in [0.2, 0.25) is 15.9 Å². The first-order valence-corrected chi connectivity index (χ1v) is 9.59. The lowest BCUT2D eigenvalue weighted by Crippen LogP contribution is -2.50.